The second kappa shape index (κ2) is 45.3. The van der Waals surface area contributed by atoms with Gasteiger partial charge < -0.3 is 108 Å². The molecule has 0 aliphatic carbocycles. The van der Waals surface area contributed by atoms with E-state index in [0.717, 1.165) is 0 Å². The van der Waals surface area contributed by atoms with Crippen molar-refractivity contribution in [3.63, 3.8) is 0 Å². The van der Waals surface area contributed by atoms with Crippen molar-refractivity contribution in [2.24, 2.45) is 0 Å². The number of methoxy groups -OCH3 is 10. The predicted molar refractivity (Wildman–Crippen MR) is 288 cm³/mol. The summed E-state index contributed by atoms with van der Waals surface area (Å²) in [5, 5.41) is 68.2. The van der Waals surface area contributed by atoms with Crippen molar-refractivity contribution >= 4 is 42.0 Å². The number of aliphatic hydroxyl groups excluding tert-OH is 7. The summed E-state index contributed by atoms with van der Waals surface area (Å²) in [6.45, 7) is 1.87. The Balaban J connectivity index is 0.00000106. The second-order valence-corrected chi connectivity index (χ2v) is 17.0. The maximum Gasteiger partial charge on any atom is 0.325 e. The second-order valence-electron chi connectivity index (χ2n) is 17.0. The molecule has 3 aliphatic rings. The Morgan fingerprint density at radius 3 is 1.19 bits per heavy atom. The molecule has 81 heavy (non-hydrogen) atoms. The lowest BCUT2D eigenvalue weighted by atomic mass is 10.2. The smallest absolute Gasteiger partial charge is 0.325 e. The molecule has 9 N–H and O–H groups in total. The van der Waals surface area contributed by atoms with E-state index in [4.69, 9.17) is 52.8 Å². The molecule has 1 aromatic rings. The van der Waals surface area contributed by atoms with Crippen molar-refractivity contribution in [3.8, 4) is 0 Å². The summed E-state index contributed by atoms with van der Waals surface area (Å²) in [5.74, 6) is 0.932. The SMILES string of the molecule is COCN(C)C.COCN(CCO)c1nc(N(CCO)COC)nc(N(COC)COC)n1.COCN1C(=O)N(CCO)C(CO)C1OC.COCN1C(=O)N(CCO)C2C1N(COC)C(=O)N2CCO.COCNC(=O)NCCO. The molecular weight excluding hydrogens is 1090 g/mol. The Morgan fingerprint density at radius 2 is 0.852 bits per heavy atom. The van der Waals surface area contributed by atoms with Crippen LogP contribution in [0.3, 0.4) is 0 Å². The van der Waals surface area contributed by atoms with Crippen molar-refractivity contribution < 1.29 is 102 Å². The van der Waals surface area contributed by atoms with Crippen LogP contribution in [0.4, 0.5) is 37.0 Å². The van der Waals surface area contributed by atoms with Crippen LogP contribution in [-0.2, 0) is 47.4 Å². The van der Waals surface area contributed by atoms with Gasteiger partial charge in [-0.25, -0.2) is 19.2 Å². The highest BCUT2D eigenvalue weighted by Gasteiger charge is 2.59. The van der Waals surface area contributed by atoms with E-state index >= 15 is 0 Å². The highest BCUT2D eigenvalue weighted by molar-refractivity contribution is 5.85. The Bertz CT molecular complexity index is 1610. The van der Waals surface area contributed by atoms with E-state index in [2.05, 4.69) is 30.3 Å². The van der Waals surface area contributed by atoms with Crippen LogP contribution in [0.5, 0.6) is 0 Å². The number of rotatable bonds is 35. The molecule has 0 radical (unpaired) electrons. The fraction of sp³-hybridized carbons (Fsp3) is 0.844. The third kappa shape index (κ3) is 25.0. The van der Waals surface area contributed by atoms with Gasteiger partial charge in [-0.3, -0.25) is 34.3 Å². The van der Waals surface area contributed by atoms with Gasteiger partial charge in [0, 0.05) is 110 Å². The van der Waals surface area contributed by atoms with Gasteiger partial charge in [0.05, 0.1) is 53.0 Å². The summed E-state index contributed by atoms with van der Waals surface area (Å²) in [5.41, 5.74) is 0. The summed E-state index contributed by atoms with van der Waals surface area (Å²) >= 11 is 0. The van der Waals surface area contributed by atoms with E-state index < -0.39 is 24.6 Å². The average molecular weight is 1180 g/mol. The topological polar surface area (TPSA) is 397 Å². The molecule has 3 saturated heterocycles. The molecule has 3 fully saturated rings. The number of nitrogens with one attached hydrogen (secondary N) is 2. The number of ether oxygens (including phenoxy) is 10. The largest absolute Gasteiger partial charge is 0.395 e. The fourth-order valence-electron chi connectivity index (χ4n) is 7.72. The summed E-state index contributed by atoms with van der Waals surface area (Å²) < 4.78 is 50.2. The molecule has 2 atom stereocenters. The third-order valence-corrected chi connectivity index (χ3v) is 10.8. The number of carbonyl (C=O) groups excluding carboxylic acids is 4. The summed E-state index contributed by atoms with van der Waals surface area (Å²) in [6.07, 6.45) is -1.73. The minimum absolute atomic E-state index is 0.0163. The van der Waals surface area contributed by atoms with Gasteiger partial charge in [0.2, 0.25) is 17.8 Å². The van der Waals surface area contributed by atoms with Crippen LogP contribution < -0.4 is 25.3 Å². The standard InChI is InChI=1S/C15H30N6O6.C12H22N4O6.C9H18N2O5.C5H12N2O3.C4H11NO/c1-24-9-19(5-7-22)13-16-14(20(6-8-23)10-25-2)18-15(17-13)21(11-26-3)12-27-4;1-21-7-15-10-9(13(3-5-17)11(15)19)14(4-6-18)12(20)16(10)8-22-2;1-15-6-11-8(16-2)7(5-13)10(3-4-12)9(11)14;1-10-4-7-5(9)6-2-3-8;1-5(2)4-6-3/h22-23H,5-12H2,1-4H3;9-10,17-18H,3-8H2,1-2H3;7-8,12-13H,3-6H2,1-2H3;8H,2-4H2,1H3,(H2,6,7,9);4H2,1-3H3. The number of carbonyl (C=O) groups is 4. The van der Waals surface area contributed by atoms with Crippen LogP contribution in [0, 0.1) is 0 Å². The third-order valence-electron chi connectivity index (χ3n) is 10.8. The highest BCUT2D eigenvalue weighted by Crippen LogP contribution is 2.34. The van der Waals surface area contributed by atoms with Crippen LogP contribution in [0.1, 0.15) is 0 Å². The Labute approximate surface area is 473 Å². The summed E-state index contributed by atoms with van der Waals surface area (Å²) in [7, 11) is 19.1. The van der Waals surface area contributed by atoms with Gasteiger partial charge >= 0.3 is 24.1 Å². The van der Waals surface area contributed by atoms with E-state index in [9.17, 15) is 44.7 Å². The lowest BCUT2D eigenvalue weighted by Gasteiger charge is -2.28. The van der Waals surface area contributed by atoms with E-state index in [0.29, 0.717) is 24.6 Å². The molecule has 0 aromatic carbocycles. The van der Waals surface area contributed by atoms with Crippen LogP contribution in [-0.4, -0.2) is 365 Å². The summed E-state index contributed by atoms with van der Waals surface area (Å²) in [6, 6.07) is -1.78. The number of aliphatic hydroxyl groups is 7. The van der Waals surface area contributed by atoms with Crippen LogP contribution in [0.2, 0.25) is 0 Å². The van der Waals surface area contributed by atoms with Crippen LogP contribution in [0.15, 0.2) is 0 Å². The van der Waals surface area contributed by atoms with Gasteiger partial charge in [0.1, 0.15) is 66.1 Å². The zero-order chi connectivity index (χ0) is 61.3. The molecule has 36 heteroatoms. The van der Waals surface area contributed by atoms with Gasteiger partial charge in [-0.1, -0.05) is 0 Å². The quantitative estimate of drug-likeness (QED) is 0.0287. The molecule has 0 spiro atoms. The van der Waals surface area contributed by atoms with E-state index in [1.807, 2.05) is 19.0 Å². The zero-order valence-electron chi connectivity index (χ0n) is 49.0. The summed E-state index contributed by atoms with van der Waals surface area (Å²) in [4.78, 5) is 76.2. The Morgan fingerprint density at radius 1 is 0.469 bits per heavy atom. The molecule has 0 saturated carbocycles. The minimum Gasteiger partial charge on any atom is -0.395 e. The molecule has 8 amide bonds. The normalized spacial score (nSPS) is 17.3. The maximum atomic E-state index is 12.5. The number of hydrogen-bond acceptors (Lipinski definition) is 28. The van der Waals surface area contributed by atoms with Crippen molar-refractivity contribution in [2.75, 3.05) is 246 Å². The molecule has 1 aromatic heterocycles. The highest BCUT2D eigenvalue weighted by atomic mass is 16.5. The molecule has 4 rings (SSSR count). The first-order valence-corrected chi connectivity index (χ1v) is 25.1. The number of hydrogen-bond donors (Lipinski definition) is 9. The molecule has 0 bridgehead atoms. The molecular formula is C45H93N15O21. The van der Waals surface area contributed by atoms with Crippen molar-refractivity contribution in [3.05, 3.63) is 0 Å². The molecule has 36 nitrogen and oxygen atoms in total. The molecule has 3 aliphatic heterocycles. The van der Waals surface area contributed by atoms with E-state index in [-0.39, 0.29) is 163 Å². The van der Waals surface area contributed by atoms with Gasteiger partial charge in [-0.05, 0) is 14.1 Å². The molecule has 474 valence electrons. The maximum absolute atomic E-state index is 12.5. The number of anilines is 3. The number of β-amino-alcohol motifs (C(OH)–C–C–N with tert-alkyl or cyclic N) is 3. The van der Waals surface area contributed by atoms with Gasteiger partial charge in [0.15, 0.2) is 12.4 Å². The number of amides is 8. The average Bonchev–Trinajstić information content (AvgIpc) is 3.99. The first kappa shape index (κ1) is 75.8. The van der Waals surface area contributed by atoms with Crippen LogP contribution >= 0.6 is 0 Å². The molecule has 2 unspecified atom stereocenters. The van der Waals surface area contributed by atoms with Crippen molar-refractivity contribution in [2.45, 2.75) is 24.6 Å². The van der Waals surface area contributed by atoms with Crippen LogP contribution in [0.25, 0.3) is 0 Å². The number of fused-ring (bicyclic) bond motifs is 1. The fourth-order valence-corrected chi connectivity index (χ4v) is 7.72. The monoisotopic (exact) mass is 1180 g/mol. The lowest BCUT2D eigenvalue weighted by Crippen LogP contribution is -2.48. The van der Waals surface area contributed by atoms with Gasteiger partial charge in [-0.2, -0.15) is 15.0 Å². The minimum atomic E-state index is -0.593. The van der Waals surface area contributed by atoms with Crippen molar-refractivity contribution in [1.29, 1.82) is 0 Å². The first-order chi connectivity index (χ1) is 39.0. The number of nitrogens with zero attached hydrogens (tertiary/aromatic N) is 13. The predicted octanol–water partition coefficient (Wildman–Crippen LogP) is -5.32. The van der Waals surface area contributed by atoms with Gasteiger partial charge in [0.25, 0.3) is 0 Å². The number of aromatic nitrogens is 3. The van der Waals surface area contributed by atoms with Crippen molar-refractivity contribution in [1.82, 2.24) is 59.9 Å². The lowest BCUT2D eigenvalue weighted by molar-refractivity contribution is -0.0574. The first-order valence-electron chi connectivity index (χ1n) is 25.1. The molecule has 4 heterocycles. The Kier molecular flexibility index (Phi) is 42.4. The van der Waals surface area contributed by atoms with E-state index in [1.165, 1.54) is 64.9 Å². The van der Waals surface area contributed by atoms with Gasteiger partial charge in [-0.15, -0.1) is 0 Å². The number of urea groups is 4. The zero-order valence-corrected chi connectivity index (χ0v) is 49.0. The Hall–Kier alpha value is -5.23. The van der Waals surface area contributed by atoms with E-state index in [1.54, 1.807) is 50.2 Å².